The number of piperidine rings is 1. The molecule has 25 heavy (non-hydrogen) atoms. The lowest BCUT2D eigenvalue weighted by Crippen LogP contribution is -2.42. The number of furan rings is 1. The van der Waals surface area contributed by atoms with Gasteiger partial charge in [-0.3, -0.25) is 9.69 Å². The highest BCUT2D eigenvalue weighted by Crippen LogP contribution is 2.33. The molecular weight excluding hydrogens is 322 g/mol. The molecule has 2 aromatic heterocycles. The first-order valence-corrected chi connectivity index (χ1v) is 8.77. The Kier molecular flexibility index (Phi) is 4.59. The number of aryl methyl sites for hydroxylation is 1. The second kappa shape index (κ2) is 7.01. The van der Waals surface area contributed by atoms with Gasteiger partial charge in [0.15, 0.2) is 0 Å². The molecule has 2 saturated heterocycles. The van der Waals surface area contributed by atoms with E-state index in [0.717, 1.165) is 49.7 Å². The van der Waals surface area contributed by atoms with Gasteiger partial charge in [-0.25, -0.2) is 0 Å². The van der Waals surface area contributed by atoms with Crippen LogP contribution in [0.1, 0.15) is 30.1 Å². The van der Waals surface area contributed by atoms with Crippen molar-refractivity contribution in [1.82, 2.24) is 15.4 Å². The van der Waals surface area contributed by atoms with Crippen LogP contribution in [0.2, 0.25) is 0 Å². The fourth-order valence-corrected chi connectivity index (χ4v) is 3.73. The lowest BCUT2D eigenvalue weighted by Gasteiger charge is -2.33. The molecule has 0 saturated carbocycles. The summed E-state index contributed by atoms with van der Waals surface area (Å²) >= 11 is 0. The summed E-state index contributed by atoms with van der Waals surface area (Å²) in [5.41, 5.74) is 0.946. The molecule has 2 aliphatic rings. The average Bonchev–Trinajstić information content (AvgIpc) is 3.33. The highest BCUT2D eigenvalue weighted by Gasteiger charge is 2.41. The van der Waals surface area contributed by atoms with Crippen LogP contribution in [0.25, 0.3) is 0 Å². The van der Waals surface area contributed by atoms with Gasteiger partial charge in [-0.2, -0.15) is 0 Å². The van der Waals surface area contributed by atoms with Gasteiger partial charge in [0.1, 0.15) is 17.6 Å². The number of aromatic nitrogens is 1. The van der Waals surface area contributed by atoms with Gasteiger partial charge in [-0.15, -0.1) is 0 Å². The molecule has 1 N–H and O–H groups in total. The molecule has 1 amide bonds. The summed E-state index contributed by atoms with van der Waals surface area (Å²) in [4.78, 5) is 14.7. The molecule has 134 valence electrons. The Morgan fingerprint density at radius 1 is 1.48 bits per heavy atom. The number of fused-ring (bicyclic) bond motifs is 1. The molecule has 4 heterocycles. The maximum absolute atomic E-state index is 12.3. The number of carbonyl (C=O) groups excluding carboxylic acids is 1. The van der Waals surface area contributed by atoms with Crippen LogP contribution in [0.4, 0.5) is 0 Å². The molecule has 2 aromatic rings. The molecule has 0 spiro atoms. The van der Waals surface area contributed by atoms with E-state index >= 15 is 0 Å². The van der Waals surface area contributed by atoms with E-state index in [4.69, 9.17) is 13.7 Å². The van der Waals surface area contributed by atoms with Crippen molar-refractivity contribution in [2.45, 2.75) is 45.1 Å². The number of hydrogen-bond donors (Lipinski definition) is 1. The molecule has 7 nitrogen and oxygen atoms in total. The zero-order valence-electron chi connectivity index (χ0n) is 14.3. The number of nitrogens with one attached hydrogen (secondary N) is 1. The van der Waals surface area contributed by atoms with Crippen molar-refractivity contribution in [3.63, 3.8) is 0 Å². The third-order valence-electron chi connectivity index (χ3n) is 5.01. The van der Waals surface area contributed by atoms with E-state index in [0.29, 0.717) is 12.5 Å². The molecule has 4 rings (SSSR count). The van der Waals surface area contributed by atoms with Crippen LogP contribution in [-0.4, -0.2) is 41.3 Å². The van der Waals surface area contributed by atoms with Crippen molar-refractivity contribution in [3.05, 3.63) is 41.7 Å². The molecule has 0 radical (unpaired) electrons. The number of carbonyl (C=O) groups is 1. The molecule has 0 bridgehead atoms. The highest BCUT2D eigenvalue weighted by molar-refractivity contribution is 5.81. The van der Waals surface area contributed by atoms with Crippen molar-refractivity contribution in [2.75, 3.05) is 13.1 Å². The molecule has 3 atom stereocenters. The maximum atomic E-state index is 12.3. The van der Waals surface area contributed by atoms with Crippen molar-refractivity contribution in [2.24, 2.45) is 5.92 Å². The Morgan fingerprint density at radius 2 is 2.40 bits per heavy atom. The van der Waals surface area contributed by atoms with Gasteiger partial charge in [-0.05, 0) is 44.4 Å². The van der Waals surface area contributed by atoms with Gasteiger partial charge < -0.3 is 19.0 Å². The van der Waals surface area contributed by atoms with E-state index in [1.54, 1.807) is 6.26 Å². The number of amides is 1. The smallest absolute Gasteiger partial charge is 0.249 e. The van der Waals surface area contributed by atoms with Crippen molar-refractivity contribution in [1.29, 1.82) is 0 Å². The summed E-state index contributed by atoms with van der Waals surface area (Å²) < 4.78 is 16.4. The summed E-state index contributed by atoms with van der Waals surface area (Å²) in [6.45, 7) is 4.89. The standard InChI is InChI=1S/C18H23N3O4/c1-12-7-14(20-25-12)10-21-5-4-13-8-16(24-17(13)11-21)18(22)19-9-15-3-2-6-23-15/h2-3,6-7,13,16-17H,4-5,8-11H2,1H3,(H,19,22)/t13-,16+,17+/m0/s1. The third kappa shape index (κ3) is 3.77. The van der Waals surface area contributed by atoms with Crippen molar-refractivity contribution < 1.29 is 18.5 Å². The van der Waals surface area contributed by atoms with Gasteiger partial charge in [0.05, 0.1) is 24.6 Å². The van der Waals surface area contributed by atoms with Gasteiger partial charge in [-0.1, -0.05) is 5.16 Å². The second-order valence-corrected chi connectivity index (χ2v) is 6.91. The van der Waals surface area contributed by atoms with E-state index in [2.05, 4.69) is 15.4 Å². The molecule has 0 unspecified atom stereocenters. The minimum Gasteiger partial charge on any atom is -0.467 e. The van der Waals surface area contributed by atoms with E-state index in [1.165, 1.54) is 0 Å². The number of nitrogens with zero attached hydrogens (tertiary/aromatic N) is 2. The monoisotopic (exact) mass is 345 g/mol. The predicted molar refractivity (Wildman–Crippen MR) is 88.5 cm³/mol. The Balaban J connectivity index is 1.28. The summed E-state index contributed by atoms with van der Waals surface area (Å²) in [6, 6.07) is 5.62. The fraction of sp³-hybridized carbons (Fsp3) is 0.556. The van der Waals surface area contributed by atoms with E-state index < -0.39 is 0 Å². The summed E-state index contributed by atoms with van der Waals surface area (Å²) in [5.74, 6) is 1.98. The summed E-state index contributed by atoms with van der Waals surface area (Å²) in [7, 11) is 0. The largest absolute Gasteiger partial charge is 0.467 e. The van der Waals surface area contributed by atoms with E-state index in [9.17, 15) is 4.79 Å². The first-order valence-electron chi connectivity index (χ1n) is 8.77. The zero-order chi connectivity index (χ0) is 17.2. The molecule has 2 fully saturated rings. The summed E-state index contributed by atoms with van der Waals surface area (Å²) in [5, 5.41) is 6.95. The Labute approximate surface area is 146 Å². The molecular formula is C18H23N3O4. The third-order valence-corrected chi connectivity index (χ3v) is 5.01. The Bertz CT molecular complexity index is 712. The normalized spacial score (nSPS) is 26.5. The Morgan fingerprint density at radius 3 is 3.16 bits per heavy atom. The number of ether oxygens (including phenoxy) is 1. The number of hydrogen-bond acceptors (Lipinski definition) is 6. The summed E-state index contributed by atoms with van der Waals surface area (Å²) in [6.07, 6.45) is 3.20. The second-order valence-electron chi connectivity index (χ2n) is 6.91. The quantitative estimate of drug-likeness (QED) is 0.891. The maximum Gasteiger partial charge on any atom is 0.249 e. The van der Waals surface area contributed by atoms with Crippen LogP contribution >= 0.6 is 0 Å². The van der Waals surface area contributed by atoms with Crippen LogP contribution < -0.4 is 5.32 Å². The van der Waals surface area contributed by atoms with Gasteiger partial charge in [0.25, 0.3) is 0 Å². The first kappa shape index (κ1) is 16.4. The molecule has 0 aromatic carbocycles. The van der Waals surface area contributed by atoms with Crippen LogP contribution in [0.5, 0.6) is 0 Å². The topological polar surface area (TPSA) is 80.7 Å². The minimum absolute atomic E-state index is 0.0514. The predicted octanol–water partition coefficient (Wildman–Crippen LogP) is 1.87. The number of likely N-dealkylation sites (tertiary alicyclic amines) is 1. The van der Waals surface area contributed by atoms with Crippen LogP contribution in [0.15, 0.2) is 33.4 Å². The van der Waals surface area contributed by atoms with Gasteiger partial charge in [0.2, 0.25) is 5.91 Å². The van der Waals surface area contributed by atoms with Gasteiger partial charge in [0, 0.05) is 19.2 Å². The van der Waals surface area contributed by atoms with E-state index in [-0.39, 0.29) is 18.1 Å². The van der Waals surface area contributed by atoms with Crippen LogP contribution in [0.3, 0.4) is 0 Å². The number of rotatable bonds is 5. The van der Waals surface area contributed by atoms with Crippen LogP contribution in [0, 0.1) is 12.8 Å². The van der Waals surface area contributed by atoms with Crippen molar-refractivity contribution >= 4 is 5.91 Å². The van der Waals surface area contributed by atoms with Gasteiger partial charge >= 0.3 is 0 Å². The first-order chi connectivity index (χ1) is 12.2. The van der Waals surface area contributed by atoms with E-state index in [1.807, 2.05) is 25.1 Å². The molecule has 7 heteroatoms. The molecule has 0 aliphatic carbocycles. The molecule has 2 aliphatic heterocycles. The highest BCUT2D eigenvalue weighted by atomic mass is 16.5. The SMILES string of the molecule is Cc1cc(CN2CC[C@H]3C[C@H](C(=O)NCc4ccco4)O[C@@H]3C2)no1. The zero-order valence-corrected chi connectivity index (χ0v) is 14.3. The lowest BCUT2D eigenvalue weighted by molar-refractivity contribution is -0.133. The fourth-order valence-electron chi connectivity index (χ4n) is 3.73. The minimum atomic E-state index is -0.362. The Hall–Kier alpha value is -2.12. The lowest BCUT2D eigenvalue weighted by atomic mass is 9.91. The average molecular weight is 345 g/mol. The van der Waals surface area contributed by atoms with Crippen LogP contribution in [-0.2, 0) is 22.6 Å². The van der Waals surface area contributed by atoms with Crippen molar-refractivity contribution in [3.8, 4) is 0 Å².